The van der Waals surface area contributed by atoms with Crippen molar-refractivity contribution in [3.05, 3.63) is 35.9 Å². The van der Waals surface area contributed by atoms with Gasteiger partial charge in [-0.3, -0.25) is 4.79 Å². The Labute approximate surface area is 160 Å². The van der Waals surface area contributed by atoms with Gasteiger partial charge < -0.3 is 10.1 Å². The second-order valence-electron chi connectivity index (χ2n) is 6.35. The largest absolute Gasteiger partial charge is 0.479 e. The first kappa shape index (κ1) is 20.9. The average molecular weight is 391 g/mol. The van der Waals surface area contributed by atoms with Crippen LogP contribution in [0.3, 0.4) is 0 Å². The van der Waals surface area contributed by atoms with Crippen molar-refractivity contribution in [3.8, 4) is 11.8 Å². The summed E-state index contributed by atoms with van der Waals surface area (Å²) in [7, 11) is -3.16. The van der Waals surface area contributed by atoms with E-state index in [4.69, 9.17) is 10.00 Å². The number of rotatable bonds is 8. The fourth-order valence-electron chi connectivity index (χ4n) is 2.88. The molecular formula is C19H25N3O4S. The lowest BCUT2D eigenvalue weighted by molar-refractivity contribution is -0.117. The zero-order valence-corrected chi connectivity index (χ0v) is 16.2. The predicted octanol–water partition coefficient (Wildman–Crippen LogP) is 1.92. The highest BCUT2D eigenvalue weighted by molar-refractivity contribution is 7.89. The Morgan fingerprint density at radius 1 is 1.33 bits per heavy atom. The minimum Gasteiger partial charge on any atom is -0.479 e. The number of sulfonamides is 1. The number of hydrogen-bond acceptors (Lipinski definition) is 5. The number of ether oxygens (including phenoxy) is 1. The summed E-state index contributed by atoms with van der Waals surface area (Å²) in [5, 5.41) is 11.4. The smallest absolute Gasteiger partial charge is 0.244 e. The number of nitriles is 1. The molecule has 1 aromatic carbocycles. The molecule has 1 saturated heterocycles. The summed E-state index contributed by atoms with van der Waals surface area (Å²) < 4.78 is 30.8. The highest BCUT2D eigenvalue weighted by atomic mass is 32.2. The number of carbonyl (C=O) groups is 1. The maximum absolute atomic E-state index is 12.1. The molecule has 8 heteroatoms. The van der Waals surface area contributed by atoms with Gasteiger partial charge in [-0.15, -0.1) is 0 Å². The molecule has 0 aromatic heterocycles. The van der Waals surface area contributed by atoms with Crippen LogP contribution in [-0.2, 0) is 14.8 Å². The van der Waals surface area contributed by atoms with Crippen LogP contribution in [0.2, 0.25) is 0 Å². The van der Waals surface area contributed by atoms with E-state index in [1.54, 1.807) is 30.3 Å². The topological polar surface area (TPSA) is 99.5 Å². The second-order valence-corrected chi connectivity index (χ2v) is 8.44. The number of piperidine rings is 1. The van der Waals surface area contributed by atoms with Crippen molar-refractivity contribution < 1.29 is 17.9 Å². The number of amides is 1. The molecule has 1 aromatic rings. The number of nitrogens with zero attached hydrogens (tertiary/aromatic N) is 2. The maximum atomic E-state index is 12.1. The highest BCUT2D eigenvalue weighted by Gasteiger charge is 2.27. The average Bonchev–Trinajstić information content (AvgIpc) is 2.66. The van der Waals surface area contributed by atoms with Crippen LogP contribution in [0.5, 0.6) is 5.75 Å². The normalized spacial score (nSPS) is 16.1. The Morgan fingerprint density at radius 2 is 2.00 bits per heavy atom. The standard InChI is InChI=1S/C19H25N3O4S/c1-2-15-27(24,25)22-12-9-17(10-13-22)21-19(23)8-5-16-3-6-18(7-4-16)26-14-11-20/h3-8,17H,2,9-10,12-15H2,1H3,(H,21,23). The molecular weight excluding hydrogens is 366 g/mol. The zero-order chi connectivity index (χ0) is 19.7. The summed E-state index contributed by atoms with van der Waals surface area (Å²) in [6, 6.07) is 8.96. The Balaban J connectivity index is 1.79. The van der Waals surface area contributed by atoms with E-state index in [0.717, 1.165) is 5.56 Å². The molecule has 146 valence electrons. The van der Waals surface area contributed by atoms with Gasteiger partial charge in [-0.25, -0.2) is 12.7 Å². The molecule has 1 fully saturated rings. The van der Waals surface area contributed by atoms with Crippen molar-refractivity contribution in [1.82, 2.24) is 9.62 Å². The summed E-state index contributed by atoms with van der Waals surface area (Å²) in [6.07, 6.45) is 5.01. The van der Waals surface area contributed by atoms with E-state index in [1.807, 2.05) is 13.0 Å². The summed E-state index contributed by atoms with van der Waals surface area (Å²) >= 11 is 0. The van der Waals surface area contributed by atoms with Crippen LogP contribution in [0.25, 0.3) is 6.08 Å². The van der Waals surface area contributed by atoms with Crippen molar-refractivity contribution in [3.63, 3.8) is 0 Å². The molecule has 1 heterocycles. The molecule has 1 amide bonds. The lowest BCUT2D eigenvalue weighted by Gasteiger charge is -2.31. The van der Waals surface area contributed by atoms with Crippen LogP contribution in [0.1, 0.15) is 31.7 Å². The minimum atomic E-state index is -3.16. The molecule has 1 aliphatic rings. The molecule has 27 heavy (non-hydrogen) atoms. The summed E-state index contributed by atoms with van der Waals surface area (Å²) in [5.74, 6) is 0.574. The summed E-state index contributed by atoms with van der Waals surface area (Å²) in [5.41, 5.74) is 0.843. The number of benzene rings is 1. The van der Waals surface area contributed by atoms with E-state index in [-0.39, 0.29) is 24.3 Å². The molecule has 2 rings (SSSR count). The van der Waals surface area contributed by atoms with Gasteiger partial charge in [-0.1, -0.05) is 19.1 Å². The molecule has 0 saturated carbocycles. The van der Waals surface area contributed by atoms with E-state index in [0.29, 0.717) is 38.1 Å². The molecule has 7 nitrogen and oxygen atoms in total. The van der Waals surface area contributed by atoms with Gasteiger partial charge in [0.05, 0.1) is 5.75 Å². The maximum Gasteiger partial charge on any atom is 0.244 e. The Hall–Kier alpha value is -2.37. The van der Waals surface area contributed by atoms with Crippen molar-refractivity contribution in [1.29, 1.82) is 5.26 Å². The summed E-state index contributed by atoms with van der Waals surface area (Å²) in [4.78, 5) is 12.1. The molecule has 0 radical (unpaired) electrons. The summed E-state index contributed by atoms with van der Waals surface area (Å²) in [6.45, 7) is 2.74. The van der Waals surface area contributed by atoms with E-state index in [9.17, 15) is 13.2 Å². The number of hydrogen-bond donors (Lipinski definition) is 1. The lowest BCUT2D eigenvalue weighted by Crippen LogP contribution is -2.46. The molecule has 0 aliphatic carbocycles. The van der Waals surface area contributed by atoms with Gasteiger partial charge in [0.25, 0.3) is 0 Å². The van der Waals surface area contributed by atoms with Gasteiger partial charge in [0.2, 0.25) is 15.9 Å². The third-order valence-electron chi connectivity index (χ3n) is 4.27. The quantitative estimate of drug-likeness (QED) is 0.683. The lowest BCUT2D eigenvalue weighted by atomic mass is 10.1. The first-order valence-electron chi connectivity index (χ1n) is 9.01. The monoisotopic (exact) mass is 391 g/mol. The molecule has 0 bridgehead atoms. The Kier molecular flexibility index (Phi) is 7.82. The first-order valence-corrected chi connectivity index (χ1v) is 10.6. The minimum absolute atomic E-state index is 0.00382. The van der Waals surface area contributed by atoms with E-state index in [1.165, 1.54) is 10.4 Å². The molecule has 0 spiro atoms. The fraction of sp³-hybridized carbons (Fsp3) is 0.474. The van der Waals surface area contributed by atoms with E-state index >= 15 is 0 Å². The first-order chi connectivity index (χ1) is 12.9. The second kappa shape index (κ2) is 10.1. The SMILES string of the molecule is CCCS(=O)(=O)N1CCC(NC(=O)C=Cc2ccc(OCC#N)cc2)CC1. The molecule has 0 unspecified atom stereocenters. The van der Waals surface area contributed by atoms with Gasteiger partial charge in [-0.05, 0) is 43.0 Å². The van der Waals surface area contributed by atoms with Crippen LogP contribution in [-0.4, -0.2) is 50.1 Å². The number of carbonyl (C=O) groups excluding carboxylic acids is 1. The van der Waals surface area contributed by atoms with Crippen molar-refractivity contribution in [2.45, 2.75) is 32.2 Å². The molecule has 0 atom stereocenters. The van der Waals surface area contributed by atoms with Gasteiger partial charge >= 0.3 is 0 Å². The predicted molar refractivity (Wildman–Crippen MR) is 103 cm³/mol. The van der Waals surface area contributed by atoms with Crippen LogP contribution in [0.4, 0.5) is 0 Å². The third-order valence-corrected chi connectivity index (χ3v) is 6.34. The van der Waals surface area contributed by atoms with E-state index < -0.39 is 10.0 Å². The third kappa shape index (κ3) is 6.70. The Bertz CT molecular complexity index is 789. The van der Waals surface area contributed by atoms with Gasteiger partial charge in [0.1, 0.15) is 11.8 Å². The van der Waals surface area contributed by atoms with E-state index in [2.05, 4.69) is 5.32 Å². The van der Waals surface area contributed by atoms with Crippen molar-refractivity contribution in [2.24, 2.45) is 0 Å². The molecule has 1 aliphatic heterocycles. The van der Waals surface area contributed by atoms with Crippen LogP contribution < -0.4 is 10.1 Å². The Morgan fingerprint density at radius 3 is 2.59 bits per heavy atom. The molecule has 1 N–H and O–H groups in total. The number of nitrogens with one attached hydrogen (secondary N) is 1. The van der Waals surface area contributed by atoms with Crippen LogP contribution in [0, 0.1) is 11.3 Å². The van der Waals surface area contributed by atoms with Gasteiger partial charge in [0.15, 0.2) is 6.61 Å². The van der Waals surface area contributed by atoms with Gasteiger partial charge in [-0.2, -0.15) is 5.26 Å². The van der Waals surface area contributed by atoms with Crippen molar-refractivity contribution >= 4 is 22.0 Å². The van der Waals surface area contributed by atoms with Crippen molar-refractivity contribution in [2.75, 3.05) is 25.4 Å². The fourth-order valence-corrected chi connectivity index (χ4v) is 4.42. The van der Waals surface area contributed by atoms with Crippen LogP contribution in [0.15, 0.2) is 30.3 Å². The van der Waals surface area contributed by atoms with Crippen LogP contribution >= 0.6 is 0 Å². The zero-order valence-electron chi connectivity index (χ0n) is 15.4. The highest BCUT2D eigenvalue weighted by Crippen LogP contribution is 2.16. The van der Waals surface area contributed by atoms with Gasteiger partial charge in [0, 0.05) is 25.2 Å².